The Kier molecular flexibility index (Phi) is 7.74. The van der Waals surface area contributed by atoms with Crippen LogP contribution < -0.4 is 0 Å². The number of nitrogens with zero attached hydrogens (tertiary/aromatic N) is 4. The number of rotatable bonds is 6. The van der Waals surface area contributed by atoms with Crippen LogP contribution in [0.3, 0.4) is 0 Å². The lowest BCUT2D eigenvalue weighted by atomic mass is 9.95. The molecule has 11 rings (SSSR count). The van der Waals surface area contributed by atoms with Crippen LogP contribution >= 0.6 is 0 Å². The highest BCUT2D eigenvalue weighted by Crippen LogP contribution is 2.42. The smallest absolute Gasteiger partial charge is 0.164 e. The molecule has 5 heteroatoms. The summed E-state index contributed by atoms with van der Waals surface area (Å²) >= 11 is 0. The van der Waals surface area contributed by atoms with Crippen molar-refractivity contribution < 1.29 is 4.42 Å². The first kappa shape index (κ1) is 32.7. The summed E-state index contributed by atoms with van der Waals surface area (Å²) in [7, 11) is 0. The molecule has 0 bridgehead atoms. The molecular formula is C52H32N4O. The Balaban J connectivity index is 0.953. The topological polar surface area (TPSA) is 64.7 Å². The summed E-state index contributed by atoms with van der Waals surface area (Å²) in [6, 6.07) is 66.9. The van der Waals surface area contributed by atoms with Gasteiger partial charge in [0.25, 0.3) is 0 Å². The number of benzene rings is 8. The van der Waals surface area contributed by atoms with Gasteiger partial charge in [-0.25, -0.2) is 19.9 Å². The van der Waals surface area contributed by atoms with Crippen LogP contribution in [0.15, 0.2) is 199 Å². The minimum absolute atomic E-state index is 0.639. The molecule has 0 saturated carbocycles. The van der Waals surface area contributed by atoms with E-state index in [0.717, 1.165) is 93.8 Å². The summed E-state index contributed by atoms with van der Waals surface area (Å²) in [5.41, 5.74) is 12.1. The second-order valence-corrected chi connectivity index (χ2v) is 14.2. The van der Waals surface area contributed by atoms with Crippen molar-refractivity contribution >= 4 is 43.6 Å². The second kappa shape index (κ2) is 13.5. The Morgan fingerprint density at radius 2 is 0.737 bits per heavy atom. The Labute approximate surface area is 328 Å². The number of hydrogen-bond donors (Lipinski definition) is 0. The molecule has 0 spiro atoms. The van der Waals surface area contributed by atoms with Gasteiger partial charge in [-0.3, -0.25) is 0 Å². The number of aromatic nitrogens is 4. The average Bonchev–Trinajstić information content (AvgIpc) is 3.68. The van der Waals surface area contributed by atoms with Gasteiger partial charge in [-0.1, -0.05) is 164 Å². The maximum Gasteiger partial charge on any atom is 0.164 e. The standard InChI is InChI=1S/C52H32N4O/c1-4-12-36(13-5-1)49-42-29-31-46-48(47(42)41-18-10-11-19-44(41)53-49)43-32-40(28-30-45(43)57-46)35-22-20-33(21-23-35)34-24-26-39(27-25-34)52-55-50(37-14-6-2-7-15-37)54-51(56-52)38-16-8-3-9-17-38/h1-32H. The van der Waals surface area contributed by atoms with Crippen LogP contribution in [0.5, 0.6) is 0 Å². The summed E-state index contributed by atoms with van der Waals surface area (Å²) in [6.07, 6.45) is 0. The van der Waals surface area contributed by atoms with Crippen LogP contribution in [-0.2, 0) is 0 Å². The highest BCUT2D eigenvalue weighted by atomic mass is 16.3. The van der Waals surface area contributed by atoms with E-state index in [1.165, 1.54) is 0 Å². The third-order valence-corrected chi connectivity index (χ3v) is 10.7. The minimum Gasteiger partial charge on any atom is -0.456 e. The maximum atomic E-state index is 6.49. The highest BCUT2D eigenvalue weighted by molar-refractivity contribution is 6.28. The first-order valence-electron chi connectivity index (χ1n) is 19.0. The molecule has 0 unspecified atom stereocenters. The molecule has 0 amide bonds. The molecule has 11 aromatic rings. The van der Waals surface area contributed by atoms with E-state index in [9.17, 15) is 0 Å². The highest BCUT2D eigenvalue weighted by Gasteiger charge is 2.18. The zero-order valence-electron chi connectivity index (χ0n) is 30.7. The molecule has 0 saturated heterocycles. The van der Waals surface area contributed by atoms with Crippen molar-refractivity contribution in [3.05, 3.63) is 194 Å². The monoisotopic (exact) mass is 728 g/mol. The van der Waals surface area contributed by atoms with Gasteiger partial charge < -0.3 is 4.42 Å². The van der Waals surface area contributed by atoms with Gasteiger partial charge in [0.15, 0.2) is 17.5 Å². The van der Waals surface area contributed by atoms with Gasteiger partial charge in [-0.15, -0.1) is 0 Å². The quantitative estimate of drug-likeness (QED) is 0.160. The van der Waals surface area contributed by atoms with E-state index in [0.29, 0.717) is 17.5 Å². The molecule has 0 radical (unpaired) electrons. The summed E-state index contributed by atoms with van der Waals surface area (Å²) in [4.78, 5) is 19.8. The fourth-order valence-corrected chi connectivity index (χ4v) is 7.91. The summed E-state index contributed by atoms with van der Waals surface area (Å²) in [5, 5.41) is 5.59. The van der Waals surface area contributed by atoms with Crippen molar-refractivity contribution in [1.29, 1.82) is 0 Å². The lowest BCUT2D eigenvalue weighted by Crippen LogP contribution is -2.00. The van der Waals surface area contributed by atoms with Crippen molar-refractivity contribution in [1.82, 2.24) is 19.9 Å². The molecule has 0 atom stereocenters. The third kappa shape index (κ3) is 5.81. The molecule has 0 aliphatic carbocycles. The van der Waals surface area contributed by atoms with Crippen molar-refractivity contribution in [2.45, 2.75) is 0 Å². The minimum atomic E-state index is 0.639. The average molecular weight is 729 g/mol. The fourth-order valence-electron chi connectivity index (χ4n) is 7.91. The molecule has 0 N–H and O–H groups in total. The SMILES string of the molecule is c1ccc(-c2nc(-c3ccccc3)nc(-c3ccc(-c4ccc(-c5ccc6oc7ccc8c(-c9ccccc9)nc9ccccc9c8c7c6c5)cc4)cc3)n2)cc1. The predicted molar refractivity (Wildman–Crippen MR) is 233 cm³/mol. The van der Waals surface area contributed by atoms with Gasteiger partial charge in [0.05, 0.1) is 11.2 Å². The van der Waals surface area contributed by atoms with Crippen molar-refractivity contribution in [2.75, 3.05) is 0 Å². The van der Waals surface area contributed by atoms with Crippen LogP contribution in [0.2, 0.25) is 0 Å². The van der Waals surface area contributed by atoms with E-state index in [4.69, 9.17) is 24.4 Å². The second-order valence-electron chi connectivity index (χ2n) is 14.2. The molecule has 0 aliphatic heterocycles. The van der Waals surface area contributed by atoms with Crippen LogP contribution in [0.25, 0.3) is 111 Å². The first-order chi connectivity index (χ1) is 28.2. The number of hydrogen-bond acceptors (Lipinski definition) is 5. The Hall–Kier alpha value is -7.76. The van der Waals surface area contributed by atoms with Crippen LogP contribution in [0.4, 0.5) is 0 Å². The molecule has 5 nitrogen and oxygen atoms in total. The van der Waals surface area contributed by atoms with Gasteiger partial charge in [-0.05, 0) is 52.6 Å². The molecule has 3 aromatic heterocycles. The summed E-state index contributed by atoms with van der Waals surface area (Å²) < 4.78 is 6.49. The van der Waals surface area contributed by atoms with Crippen molar-refractivity contribution in [3.8, 4) is 67.7 Å². The maximum absolute atomic E-state index is 6.49. The van der Waals surface area contributed by atoms with E-state index < -0.39 is 0 Å². The van der Waals surface area contributed by atoms with Crippen LogP contribution in [-0.4, -0.2) is 19.9 Å². The zero-order valence-corrected chi connectivity index (χ0v) is 30.7. The molecule has 0 aliphatic rings. The summed E-state index contributed by atoms with van der Waals surface area (Å²) in [5.74, 6) is 1.94. The molecular weight excluding hydrogens is 697 g/mol. The number of para-hydroxylation sites is 1. The van der Waals surface area contributed by atoms with E-state index in [1.807, 2.05) is 66.7 Å². The predicted octanol–water partition coefficient (Wildman–Crippen LogP) is 13.5. The lowest BCUT2D eigenvalue weighted by Gasteiger charge is -2.11. The molecule has 57 heavy (non-hydrogen) atoms. The van der Waals surface area contributed by atoms with E-state index in [1.54, 1.807) is 0 Å². The first-order valence-corrected chi connectivity index (χ1v) is 19.0. The largest absolute Gasteiger partial charge is 0.456 e. The number of furan rings is 1. The van der Waals surface area contributed by atoms with Gasteiger partial charge in [0.1, 0.15) is 11.2 Å². The normalized spacial score (nSPS) is 11.5. The van der Waals surface area contributed by atoms with Crippen molar-refractivity contribution in [2.24, 2.45) is 0 Å². The van der Waals surface area contributed by atoms with Gasteiger partial charge >= 0.3 is 0 Å². The van der Waals surface area contributed by atoms with Gasteiger partial charge in [0.2, 0.25) is 0 Å². The van der Waals surface area contributed by atoms with E-state index >= 15 is 0 Å². The zero-order chi connectivity index (χ0) is 37.7. The number of fused-ring (bicyclic) bond motifs is 7. The van der Waals surface area contributed by atoms with E-state index in [2.05, 4.69) is 127 Å². The molecule has 3 heterocycles. The fraction of sp³-hybridized carbons (Fsp3) is 0. The lowest BCUT2D eigenvalue weighted by molar-refractivity contribution is 0.669. The Bertz CT molecular complexity index is 3190. The van der Waals surface area contributed by atoms with E-state index in [-0.39, 0.29) is 0 Å². The summed E-state index contributed by atoms with van der Waals surface area (Å²) in [6.45, 7) is 0. The molecule has 8 aromatic carbocycles. The third-order valence-electron chi connectivity index (χ3n) is 10.7. The van der Waals surface area contributed by atoms with Crippen molar-refractivity contribution in [3.63, 3.8) is 0 Å². The van der Waals surface area contributed by atoms with Gasteiger partial charge in [-0.2, -0.15) is 0 Å². The Morgan fingerprint density at radius 3 is 1.33 bits per heavy atom. The Morgan fingerprint density at radius 1 is 0.281 bits per heavy atom. The number of pyridine rings is 1. The van der Waals surface area contributed by atoms with Crippen LogP contribution in [0.1, 0.15) is 0 Å². The molecule has 0 fully saturated rings. The molecule has 266 valence electrons. The van der Waals surface area contributed by atoms with Gasteiger partial charge in [0, 0.05) is 49.2 Å². The van der Waals surface area contributed by atoms with Crippen LogP contribution in [0, 0.1) is 0 Å².